The number of rotatable bonds is 8. The lowest BCUT2D eigenvalue weighted by Gasteiger charge is -2.30. The van der Waals surface area contributed by atoms with Gasteiger partial charge in [0.15, 0.2) is 12.4 Å². The first-order valence-electron chi connectivity index (χ1n) is 11.4. The van der Waals surface area contributed by atoms with Gasteiger partial charge in [-0.2, -0.15) is 4.73 Å². The number of para-hydroxylation sites is 1. The maximum Gasteiger partial charge on any atom is 0.270 e. The van der Waals surface area contributed by atoms with Crippen molar-refractivity contribution in [2.75, 3.05) is 44.3 Å². The van der Waals surface area contributed by atoms with Crippen molar-refractivity contribution < 1.29 is 27.4 Å². The van der Waals surface area contributed by atoms with Crippen molar-refractivity contribution in [1.29, 1.82) is 0 Å². The molecule has 1 fully saturated rings. The van der Waals surface area contributed by atoms with Gasteiger partial charge in [0.25, 0.3) is 15.9 Å². The minimum Gasteiger partial charge on any atom is -0.619 e. The quantitative estimate of drug-likeness (QED) is 0.317. The van der Waals surface area contributed by atoms with Crippen molar-refractivity contribution in [2.45, 2.75) is 4.90 Å². The third kappa shape index (κ3) is 6.86. The third-order valence-electron chi connectivity index (χ3n) is 5.73. The molecule has 0 aliphatic carbocycles. The topological polar surface area (TPSA) is 103 Å². The summed E-state index contributed by atoms with van der Waals surface area (Å²) in [6, 6.07) is 16.0. The van der Waals surface area contributed by atoms with Crippen molar-refractivity contribution in [1.82, 2.24) is 4.90 Å². The number of sulfonamides is 1. The van der Waals surface area contributed by atoms with Crippen LogP contribution in [0.2, 0.25) is 0 Å². The van der Waals surface area contributed by atoms with Crippen LogP contribution < -0.4 is 13.8 Å². The Bertz CT molecular complexity index is 1330. The highest BCUT2D eigenvalue weighted by Gasteiger charge is 2.33. The summed E-state index contributed by atoms with van der Waals surface area (Å²) in [5.74, 6) is -0.0635. The predicted octanol–water partition coefficient (Wildman–Crippen LogP) is 2.97. The summed E-state index contributed by atoms with van der Waals surface area (Å²) >= 11 is 0. The summed E-state index contributed by atoms with van der Waals surface area (Å²) in [7, 11) is -2.75. The van der Waals surface area contributed by atoms with E-state index in [9.17, 15) is 18.4 Å². The number of morpholine rings is 1. The molecular formula is C26H28ClN3O6S. The Labute approximate surface area is 222 Å². The highest BCUT2D eigenvalue weighted by Crippen LogP contribution is 2.30. The molecule has 11 heteroatoms. The number of halogens is 1. The molecule has 2 heterocycles. The van der Waals surface area contributed by atoms with Gasteiger partial charge >= 0.3 is 0 Å². The zero-order valence-electron chi connectivity index (χ0n) is 20.2. The lowest BCUT2D eigenvalue weighted by molar-refractivity contribution is -0.605. The first-order valence-corrected chi connectivity index (χ1v) is 12.8. The molecule has 2 aromatic carbocycles. The Kier molecular flexibility index (Phi) is 9.65. The second kappa shape index (κ2) is 12.7. The van der Waals surface area contributed by atoms with E-state index in [0.717, 1.165) is 9.87 Å². The summed E-state index contributed by atoms with van der Waals surface area (Å²) in [5, 5.41) is 11.3. The number of hydrogen-bond acceptors (Lipinski definition) is 7. The molecule has 0 saturated carbocycles. The van der Waals surface area contributed by atoms with Crippen LogP contribution in [0, 0.1) is 5.21 Å². The highest BCUT2D eigenvalue weighted by molar-refractivity contribution is 7.93. The second-order valence-corrected chi connectivity index (χ2v) is 9.90. The Balaban J connectivity index is 0.00000380. The van der Waals surface area contributed by atoms with Gasteiger partial charge in [0.1, 0.15) is 5.75 Å². The van der Waals surface area contributed by atoms with E-state index in [2.05, 4.69) is 0 Å². The number of nitrogens with zero attached hydrogens (tertiary/aromatic N) is 3. The number of hydrogen-bond donors (Lipinski definition) is 0. The number of methoxy groups -OCH3 is 1. The van der Waals surface area contributed by atoms with Gasteiger partial charge in [-0.3, -0.25) is 9.69 Å². The highest BCUT2D eigenvalue weighted by atomic mass is 35.5. The van der Waals surface area contributed by atoms with E-state index in [-0.39, 0.29) is 29.5 Å². The van der Waals surface area contributed by atoms with Crippen LogP contribution in [0.25, 0.3) is 12.2 Å². The van der Waals surface area contributed by atoms with Crippen molar-refractivity contribution in [3.8, 4) is 5.75 Å². The summed E-state index contributed by atoms with van der Waals surface area (Å²) < 4.78 is 39.7. The molecule has 1 aromatic heterocycles. The van der Waals surface area contributed by atoms with Gasteiger partial charge in [0.2, 0.25) is 0 Å². The predicted molar refractivity (Wildman–Crippen MR) is 143 cm³/mol. The lowest BCUT2D eigenvalue weighted by atomic mass is 10.1. The molecule has 0 spiro atoms. The Morgan fingerprint density at radius 2 is 1.70 bits per heavy atom. The smallest absolute Gasteiger partial charge is 0.270 e. The fourth-order valence-corrected chi connectivity index (χ4v) is 5.24. The van der Waals surface area contributed by atoms with Crippen molar-refractivity contribution in [2.24, 2.45) is 0 Å². The van der Waals surface area contributed by atoms with Gasteiger partial charge in [-0.15, -0.1) is 12.4 Å². The minimum atomic E-state index is -4.25. The number of ether oxygens (including phenoxy) is 2. The molecule has 1 aliphatic rings. The minimum absolute atomic E-state index is 0. The maximum atomic E-state index is 13.8. The van der Waals surface area contributed by atoms with Crippen LogP contribution in [0.3, 0.4) is 0 Å². The zero-order valence-corrected chi connectivity index (χ0v) is 21.9. The number of carbonyl (C=O) groups excluding carboxylic acids is 1. The number of pyridine rings is 1. The average Bonchev–Trinajstić information content (AvgIpc) is 2.89. The molecule has 0 N–H and O–H groups in total. The lowest BCUT2D eigenvalue weighted by Crippen LogP contribution is -2.47. The van der Waals surface area contributed by atoms with Crippen molar-refractivity contribution in [3.63, 3.8) is 0 Å². The van der Waals surface area contributed by atoms with Crippen molar-refractivity contribution >= 4 is 46.2 Å². The Hall–Kier alpha value is -3.44. The van der Waals surface area contributed by atoms with Crippen LogP contribution in [-0.2, 0) is 19.6 Å². The molecule has 0 unspecified atom stereocenters. The standard InChI is InChI=1S/C26H27N3O6S.ClH/c1-34-23-8-10-24(11-9-23)36(32,33)29(26(30)20-27-16-18-35-19-17-27)25-5-3-2-4-22(25)7-6-21-12-14-28(31)15-13-21;/h2-15H,16-20H2,1H3;1H/b7-6+;. The summed E-state index contributed by atoms with van der Waals surface area (Å²) in [5.41, 5.74) is 1.52. The SMILES string of the molecule is COc1ccc(S(=O)(=O)N(C(=O)CN2CCOCC2)c2ccccc2/C=C/c2cc[n+]([O-])cc2)cc1.Cl. The fraction of sp³-hybridized carbons (Fsp3) is 0.231. The van der Waals surface area contributed by atoms with E-state index in [1.54, 1.807) is 60.7 Å². The monoisotopic (exact) mass is 545 g/mol. The van der Waals surface area contributed by atoms with Gasteiger partial charge in [-0.1, -0.05) is 30.4 Å². The molecule has 9 nitrogen and oxygen atoms in total. The molecule has 196 valence electrons. The van der Waals surface area contributed by atoms with E-state index in [4.69, 9.17) is 9.47 Å². The third-order valence-corrected chi connectivity index (χ3v) is 7.47. The first-order chi connectivity index (χ1) is 17.4. The van der Waals surface area contributed by atoms with E-state index >= 15 is 0 Å². The molecule has 0 radical (unpaired) electrons. The summed E-state index contributed by atoms with van der Waals surface area (Å²) in [4.78, 5) is 15.4. The number of amides is 1. The summed E-state index contributed by atoms with van der Waals surface area (Å²) in [6.07, 6.45) is 6.22. The summed E-state index contributed by atoms with van der Waals surface area (Å²) in [6.45, 7) is 1.98. The fourth-order valence-electron chi connectivity index (χ4n) is 3.80. The van der Waals surface area contributed by atoms with Crippen molar-refractivity contribution in [3.05, 3.63) is 89.4 Å². The largest absolute Gasteiger partial charge is 0.619 e. The molecule has 37 heavy (non-hydrogen) atoms. The van der Waals surface area contributed by atoms with E-state index < -0.39 is 15.9 Å². The van der Waals surface area contributed by atoms with E-state index in [0.29, 0.717) is 42.3 Å². The molecule has 0 atom stereocenters. The number of anilines is 1. The van der Waals surface area contributed by atoms with Crippen LogP contribution in [-0.4, -0.2) is 59.2 Å². The normalized spacial score (nSPS) is 14.2. The number of aromatic nitrogens is 1. The molecule has 0 bridgehead atoms. The first kappa shape index (κ1) is 28.1. The number of benzene rings is 2. The van der Waals surface area contributed by atoms with Crippen LogP contribution >= 0.6 is 12.4 Å². The molecule has 1 saturated heterocycles. The zero-order chi connectivity index (χ0) is 25.5. The van der Waals surface area contributed by atoms with Gasteiger partial charge in [0, 0.05) is 25.2 Å². The Morgan fingerprint density at radius 1 is 1.05 bits per heavy atom. The van der Waals surface area contributed by atoms with Crippen LogP contribution in [0.1, 0.15) is 11.1 Å². The number of carbonyl (C=O) groups is 1. The molecule has 1 aliphatic heterocycles. The van der Waals surface area contributed by atoms with Crippen LogP contribution in [0.4, 0.5) is 5.69 Å². The van der Waals surface area contributed by atoms with Crippen LogP contribution in [0.15, 0.2) is 78.0 Å². The molecule has 1 amide bonds. The van der Waals surface area contributed by atoms with Gasteiger partial charge in [-0.05, 0) is 41.5 Å². The molecular weight excluding hydrogens is 518 g/mol. The van der Waals surface area contributed by atoms with Gasteiger partial charge in [-0.25, -0.2) is 12.7 Å². The maximum absolute atomic E-state index is 13.8. The van der Waals surface area contributed by atoms with E-state index in [1.807, 2.05) is 4.90 Å². The van der Waals surface area contributed by atoms with Gasteiger partial charge < -0.3 is 14.7 Å². The van der Waals surface area contributed by atoms with Crippen LogP contribution in [0.5, 0.6) is 5.75 Å². The second-order valence-electron chi connectivity index (χ2n) is 8.11. The molecule has 3 aromatic rings. The average molecular weight is 546 g/mol. The van der Waals surface area contributed by atoms with Gasteiger partial charge in [0.05, 0.1) is 37.5 Å². The van der Waals surface area contributed by atoms with E-state index in [1.165, 1.54) is 31.6 Å². The molecule has 4 rings (SSSR count). The Morgan fingerprint density at radius 3 is 2.35 bits per heavy atom.